The van der Waals surface area contributed by atoms with Gasteiger partial charge in [-0.2, -0.15) is 0 Å². The number of carboxylic acids is 2. The molecule has 100 valence electrons. The van der Waals surface area contributed by atoms with E-state index in [1.165, 1.54) is 0 Å². The van der Waals surface area contributed by atoms with Crippen molar-refractivity contribution in [1.29, 1.82) is 0 Å². The van der Waals surface area contributed by atoms with Crippen LogP contribution in [0.25, 0.3) is 0 Å². The molecule has 9 heteroatoms. The van der Waals surface area contributed by atoms with Crippen LogP contribution < -0.4 is 0 Å². The highest BCUT2D eigenvalue weighted by Gasteiger charge is 2.42. The lowest BCUT2D eigenvalue weighted by Gasteiger charge is -2.19. The van der Waals surface area contributed by atoms with Gasteiger partial charge in [0.05, 0.1) is 12.8 Å². The van der Waals surface area contributed by atoms with Gasteiger partial charge in [-0.05, 0) is 0 Å². The molecule has 0 radical (unpaired) electrons. The molecule has 18 heavy (non-hydrogen) atoms. The summed E-state index contributed by atoms with van der Waals surface area (Å²) in [6, 6.07) is 0. The number of ether oxygens (including phenoxy) is 1. The van der Waals surface area contributed by atoms with Crippen molar-refractivity contribution in [2.24, 2.45) is 0 Å². The molecule has 0 amide bonds. The average molecular weight is 262 g/mol. The van der Waals surface area contributed by atoms with E-state index < -0.39 is 48.1 Å². The number of carbonyl (C=O) groups is 5. The smallest absolute Gasteiger partial charge is 0.381 e. The molecular formula is C9H10O9. The van der Waals surface area contributed by atoms with Gasteiger partial charge < -0.3 is 20.1 Å². The van der Waals surface area contributed by atoms with Gasteiger partial charge in [0.2, 0.25) is 5.78 Å². The molecule has 1 atom stereocenters. The molecule has 0 aliphatic rings. The molecule has 0 bridgehead atoms. The number of hydrogen-bond acceptors (Lipinski definition) is 7. The summed E-state index contributed by atoms with van der Waals surface area (Å²) in [5.74, 6) is -7.76. The molecule has 0 aromatic carbocycles. The highest BCUT2D eigenvalue weighted by Crippen LogP contribution is 2.17. The van der Waals surface area contributed by atoms with E-state index in [-0.39, 0.29) is 0 Å². The number of hydrogen-bond donors (Lipinski definition) is 3. The van der Waals surface area contributed by atoms with Crippen molar-refractivity contribution >= 4 is 29.7 Å². The Morgan fingerprint density at radius 3 is 1.89 bits per heavy atom. The number of aliphatic carboxylic acids is 2. The number of Topliss-reactive ketones (excluding diaryl/α,β-unsaturated/α-hetero) is 1. The van der Waals surface area contributed by atoms with Gasteiger partial charge in [0, 0.05) is 6.92 Å². The Bertz CT molecular complexity index is 410. The first-order chi connectivity index (χ1) is 8.08. The van der Waals surface area contributed by atoms with E-state index in [0.717, 1.165) is 6.92 Å². The summed E-state index contributed by atoms with van der Waals surface area (Å²) in [6.07, 6.45) is -2.53. The Labute approximate surface area is 100.0 Å². The Kier molecular flexibility index (Phi) is 5.12. The fourth-order valence-electron chi connectivity index (χ4n) is 0.914. The minimum Gasteiger partial charge on any atom is -0.481 e. The van der Waals surface area contributed by atoms with Crippen LogP contribution in [0.1, 0.15) is 19.8 Å². The Balaban J connectivity index is 4.75. The van der Waals surface area contributed by atoms with E-state index in [1.54, 1.807) is 0 Å². The summed E-state index contributed by atoms with van der Waals surface area (Å²) in [6.45, 7) is 0.816. The predicted molar refractivity (Wildman–Crippen MR) is 51.2 cm³/mol. The molecule has 0 spiro atoms. The van der Waals surface area contributed by atoms with Gasteiger partial charge in [0.1, 0.15) is 0 Å². The maximum Gasteiger partial charge on any atom is 0.381 e. The van der Waals surface area contributed by atoms with Crippen molar-refractivity contribution in [3.63, 3.8) is 0 Å². The third kappa shape index (κ3) is 4.70. The van der Waals surface area contributed by atoms with Gasteiger partial charge >= 0.3 is 23.9 Å². The Morgan fingerprint density at radius 2 is 1.56 bits per heavy atom. The number of esters is 2. The second-order valence-electron chi connectivity index (χ2n) is 3.40. The summed E-state index contributed by atoms with van der Waals surface area (Å²) in [4.78, 5) is 53.2. The first-order valence-corrected chi connectivity index (χ1v) is 4.51. The van der Waals surface area contributed by atoms with Crippen LogP contribution in [0.2, 0.25) is 0 Å². The van der Waals surface area contributed by atoms with Crippen LogP contribution in [0.3, 0.4) is 0 Å². The summed E-state index contributed by atoms with van der Waals surface area (Å²) in [5.41, 5.74) is -2.90. The van der Waals surface area contributed by atoms with Crippen molar-refractivity contribution in [2.75, 3.05) is 0 Å². The summed E-state index contributed by atoms with van der Waals surface area (Å²) < 4.78 is 3.90. The SMILES string of the molecule is CC(=O)C(=O)OC(=O)CC(O)(CC(=O)O)C(=O)O. The third-order valence-electron chi connectivity index (χ3n) is 1.77. The molecule has 1 unspecified atom stereocenters. The van der Waals surface area contributed by atoms with Crippen molar-refractivity contribution in [3.8, 4) is 0 Å². The van der Waals surface area contributed by atoms with E-state index in [1.807, 2.05) is 0 Å². The number of aliphatic hydroxyl groups is 1. The monoisotopic (exact) mass is 262 g/mol. The number of carbonyl (C=O) groups excluding carboxylic acids is 3. The summed E-state index contributed by atoms with van der Waals surface area (Å²) >= 11 is 0. The predicted octanol–water partition coefficient (Wildman–Crippen LogP) is -1.67. The third-order valence-corrected chi connectivity index (χ3v) is 1.77. The first-order valence-electron chi connectivity index (χ1n) is 4.51. The standard InChI is InChI=1S/C9H10O9/c1-4(10)7(14)18-6(13)3-9(17,8(15)16)2-5(11)12/h17H,2-3H2,1H3,(H,11,12)(H,15,16). The second-order valence-corrected chi connectivity index (χ2v) is 3.40. The minimum absolute atomic E-state index is 0.816. The molecule has 0 fully saturated rings. The first kappa shape index (κ1) is 15.7. The maximum atomic E-state index is 11.0. The van der Waals surface area contributed by atoms with Crippen molar-refractivity contribution in [2.45, 2.75) is 25.4 Å². The summed E-state index contributed by atoms with van der Waals surface area (Å²) in [5, 5.41) is 26.4. The largest absolute Gasteiger partial charge is 0.481 e. The molecule has 9 nitrogen and oxygen atoms in total. The average Bonchev–Trinajstić information content (AvgIpc) is 2.14. The fraction of sp³-hybridized carbons (Fsp3) is 0.444. The molecule has 0 aromatic rings. The van der Waals surface area contributed by atoms with Gasteiger partial charge in [-0.1, -0.05) is 0 Å². The lowest BCUT2D eigenvalue weighted by atomic mass is 9.96. The van der Waals surface area contributed by atoms with Crippen molar-refractivity contribution in [3.05, 3.63) is 0 Å². The zero-order chi connectivity index (χ0) is 14.5. The number of carboxylic acid groups (broad SMARTS) is 2. The van der Waals surface area contributed by atoms with Crippen LogP contribution in [0.5, 0.6) is 0 Å². The molecule has 0 aliphatic carbocycles. The van der Waals surface area contributed by atoms with Gasteiger partial charge in [-0.3, -0.25) is 14.4 Å². The Hall–Kier alpha value is -2.29. The van der Waals surface area contributed by atoms with Gasteiger partial charge in [-0.25, -0.2) is 9.59 Å². The van der Waals surface area contributed by atoms with Crippen molar-refractivity contribution in [1.82, 2.24) is 0 Å². The van der Waals surface area contributed by atoms with Crippen molar-refractivity contribution < 1.29 is 44.0 Å². The molecule has 0 heterocycles. The van der Waals surface area contributed by atoms with Crippen LogP contribution in [0.4, 0.5) is 0 Å². The van der Waals surface area contributed by atoms with E-state index in [9.17, 15) is 29.1 Å². The minimum atomic E-state index is -2.90. The summed E-state index contributed by atoms with van der Waals surface area (Å²) in [7, 11) is 0. The van der Waals surface area contributed by atoms with E-state index in [0.29, 0.717) is 0 Å². The van der Waals surface area contributed by atoms with Gasteiger partial charge in [0.25, 0.3) is 0 Å². The van der Waals surface area contributed by atoms with Gasteiger partial charge in [-0.15, -0.1) is 0 Å². The number of rotatable bonds is 6. The highest BCUT2D eigenvalue weighted by molar-refractivity contribution is 6.34. The molecular weight excluding hydrogens is 252 g/mol. The van der Waals surface area contributed by atoms with Gasteiger partial charge in [0.15, 0.2) is 5.60 Å². The van der Waals surface area contributed by atoms with Crippen LogP contribution in [-0.4, -0.2) is 50.6 Å². The second kappa shape index (κ2) is 5.87. The molecule has 0 aromatic heterocycles. The zero-order valence-electron chi connectivity index (χ0n) is 9.21. The van der Waals surface area contributed by atoms with E-state index >= 15 is 0 Å². The maximum absolute atomic E-state index is 11.0. The fourth-order valence-corrected chi connectivity index (χ4v) is 0.914. The molecule has 0 saturated carbocycles. The van der Waals surface area contributed by atoms with Crippen LogP contribution >= 0.6 is 0 Å². The normalized spacial score (nSPS) is 13.2. The molecule has 0 saturated heterocycles. The molecule has 0 rings (SSSR count). The van der Waals surface area contributed by atoms with Crippen LogP contribution in [0.15, 0.2) is 0 Å². The Morgan fingerprint density at radius 1 is 1.06 bits per heavy atom. The molecule has 0 aliphatic heterocycles. The lowest BCUT2D eigenvalue weighted by Crippen LogP contribution is -2.43. The lowest BCUT2D eigenvalue weighted by molar-refractivity contribution is -0.175. The van der Waals surface area contributed by atoms with E-state index in [4.69, 9.17) is 10.2 Å². The molecule has 3 N–H and O–H groups in total. The van der Waals surface area contributed by atoms with Crippen LogP contribution in [-0.2, 0) is 28.7 Å². The topological polar surface area (TPSA) is 155 Å². The zero-order valence-corrected chi connectivity index (χ0v) is 9.21. The van der Waals surface area contributed by atoms with E-state index in [2.05, 4.69) is 4.74 Å². The van der Waals surface area contributed by atoms with Crippen LogP contribution in [0, 0.1) is 0 Å². The highest BCUT2D eigenvalue weighted by atomic mass is 16.6. The number of ketones is 1. The quantitative estimate of drug-likeness (QED) is 0.289.